The molecular formula is C24H27N3O2. The van der Waals surface area contributed by atoms with Crippen LogP contribution in [0.1, 0.15) is 57.0 Å². The van der Waals surface area contributed by atoms with E-state index < -0.39 is 0 Å². The van der Waals surface area contributed by atoms with E-state index in [0.29, 0.717) is 24.7 Å². The predicted octanol–water partition coefficient (Wildman–Crippen LogP) is 5.12. The van der Waals surface area contributed by atoms with Gasteiger partial charge in [0.2, 0.25) is 5.91 Å². The second-order valence-corrected chi connectivity index (χ2v) is 8.71. The number of benzene rings is 2. The van der Waals surface area contributed by atoms with Gasteiger partial charge in [0.05, 0.1) is 0 Å². The Morgan fingerprint density at radius 3 is 2.38 bits per heavy atom. The van der Waals surface area contributed by atoms with Crippen LogP contribution in [-0.2, 0) is 16.6 Å². The summed E-state index contributed by atoms with van der Waals surface area (Å²) in [7, 11) is 0. The van der Waals surface area contributed by atoms with E-state index in [9.17, 15) is 4.79 Å². The van der Waals surface area contributed by atoms with Gasteiger partial charge in [-0.1, -0.05) is 57.1 Å². The first-order valence-electron chi connectivity index (χ1n) is 10.2. The van der Waals surface area contributed by atoms with Gasteiger partial charge in [-0.05, 0) is 47.2 Å². The van der Waals surface area contributed by atoms with Crippen molar-refractivity contribution in [1.82, 2.24) is 10.1 Å². The molecule has 1 atom stereocenters. The molecule has 5 nitrogen and oxygen atoms in total. The molecule has 0 N–H and O–H groups in total. The van der Waals surface area contributed by atoms with Crippen LogP contribution in [0, 0.1) is 0 Å². The lowest BCUT2D eigenvalue weighted by molar-refractivity contribution is -0.117. The summed E-state index contributed by atoms with van der Waals surface area (Å²) in [4.78, 5) is 19.0. The first-order chi connectivity index (χ1) is 13.8. The summed E-state index contributed by atoms with van der Waals surface area (Å²) >= 11 is 0. The lowest BCUT2D eigenvalue weighted by Gasteiger charge is -2.18. The first-order valence-corrected chi connectivity index (χ1v) is 10.2. The molecule has 0 radical (unpaired) electrons. The Morgan fingerprint density at radius 1 is 1.07 bits per heavy atom. The van der Waals surface area contributed by atoms with E-state index in [1.54, 1.807) is 0 Å². The minimum absolute atomic E-state index is 0.0558. The fraction of sp³-hybridized carbons (Fsp3) is 0.375. The fourth-order valence-corrected chi connectivity index (χ4v) is 3.67. The molecule has 1 aromatic heterocycles. The SMILES string of the molecule is CCc1ccc(N2C[C@H](c3noc(-c4ccc(C(C)(C)C)cc4)n3)CC2=O)cc1. The maximum Gasteiger partial charge on any atom is 0.257 e. The number of hydrogen-bond acceptors (Lipinski definition) is 4. The summed E-state index contributed by atoms with van der Waals surface area (Å²) in [6.07, 6.45) is 1.39. The molecule has 1 aliphatic heterocycles. The highest BCUT2D eigenvalue weighted by Crippen LogP contribution is 2.32. The minimum Gasteiger partial charge on any atom is -0.334 e. The Balaban J connectivity index is 1.50. The highest BCUT2D eigenvalue weighted by atomic mass is 16.5. The molecule has 1 amide bonds. The lowest BCUT2D eigenvalue weighted by Crippen LogP contribution is -2.24. The van der Waals surface area contributed by atoms with Gasteiger partial charge in [-0.2, -0.15) is 4.98 Å². The summed E-state index contributed by atoms with van der Waals surface area (Å²) in [5.74, 6) is 1.14. The standard InChI is InChI=1S/C24H27N3O2/c1-5-16-6-12-20(13-7-16)27-15-18(14-21(27)28)22-25-23(29-26-22)17-8-10-19(11-9-17)24(2,3)4/h6-13,18H,5,14-15H2,1-4H3/t18-/m1/s1. The monoisotopic (exact) mass is 389 g/mol. The van der Waals surface area contributed by atoms with E-state index in [0.717, 1.165) is 17.7 Å². The molecule has 4 rings (SSSR count). The van der Waals surface area contributed by atoms with Crippen LogP contribution in [0.4, 0.5) is 5.69 Å². The molecule has 2 aromatic carbocycles. The van der Waals surface area contributed by atoms with Crippen LogP contribution in [0.15, 0.2) is 53.1 Å². The van der Waals surface area contributed by atoms with Gasteiger partial charge in [0.25, 0.3) is 5.89 Å². The Bertz CT molecular complexity index is 998. The van der Waals surface area contributed by atoms with Crippen molar-refractivity contribution >= 4 is 11.6 Å². The maximum atomic E-state index is 12.6. The number of carbonyl (C=O) groups is 1. The van der Waals surface area contributed by atoms with Crippen LogP contribution in [0.2, 0.25) is 0 Å². The maximum absolute atomic E-state index is 12.6. The number of hydrogen-bond donors (Lipinski definition) is 0. The normalized spacial score (nSPS) is 17.2. The molecule has 0 saturated carbocycles. The van der Waals surface area contributed by atoms with Gasteiger partial charge < -0.3 is 9.42 Å². The summed E-state index contributed by atoms with van der Waals surface area (Å²) in [5.41, 5.74) is 4.44. The van der Waals surface area contributed by atoms with Crippen molar-refractivity contribution in [2.24, 2.45) is 0 Å². The molecule has 0 bridgehead atoms. The molecule has 1 fully saturated rings. The number of aryl methyl sites for hydroxylation is 1. The van der Waals surface area contributed by atoms with Crippen molar-refractivity contribution in [3.8, 4) is 11.5 Å². The molecular weight excluding hydrogens is 362 g/mol. The summed E-state index contributed by atoms with van der Waals surface area (Å²) in [6.45, 7) is 9.26. The second kappa shape index (κ2) is 7.47. The van der Waals surface area contributed by atoms with Crippen molar-refractivity contribution in [3.63, 3.8) is 0 Å². The van der Waals surface area contributed by atoms with Crippen LogP contribution >= 0.6 is 0 Å². The van der Waals surface area contributed by atoms with Gasteiger partial charge in [-0.3, -0.25) is 4.79 Å². The topological polar surface area (TPSA) is 59.2 Å². The molecule has 2 heterocycles. The molecule has 1 saturated heterocycles. The highest BCUT2D eigenvalue weighted by molar-refractivity contribution is 5.96. The predicted molar refractivity (Wildman–Crippen MR) is 114 cm³/mol. The third-order valence-corrected chi connectivity index (χ3v) is 5.59. The third kappa shape index (κ3) is 3.95. The van der Waals surface area contributed by atoms with E-state index in [-0.39, 0.29) is 17.2 Å². The van der Waals surface area contributed by atoms with Crippen LogP contribution in [0.5, 0.6) is 0 Å². The molecule has 0 spiro atoms. The van der Waals surface area contributed by atoms with E-state index in [2.05, 4.69) is 62.1 Å². The van der Waals surface area contributed by atoms with Gasteiger partial charge in [-0.25, -0.2) is 0 Å². The van der Waals surface area contributed by atoms with Gasteiger partial charge in [0.15, 0.2) is 5.82 Å². The smallest absolute Gasteiger partial charge is 0.257 e. The lowest BCUT2D eigenvalue weighted by atomic mass is 9.87. The van der Waals surface area contributed by atoms with Crippen molar-refractivity contribution in [2.45, 2.75) is 51.9 Å². The van der Waals surface area contributed by atoms with Gasteiger partial charge in [0.1, 0.15) is 0 Å². The van der Waals surface area contributed by atoms with Crippen molar-refractivity contribution in [2.75, 3.05) is 11.4 Å². The van der Waals surface area contributed by atoms with Crippen LogP contribution < -0.4 is 4.90 Å². The van der Waals surface area contributed by atoms with Crippen LogP contribution in [-0.4, -0.2) is 22.6 Å². The van der Waals surface area contributed by atoms with E-state index in [1.807, 2.05) is 29.2 Å². The zero-order chi connectivity index (χ0) is 20.6. The molecule has 150 valence electrons. The number of carbonyl (C=O) groups excluding carboxylic acids is 1. The summed E-state index contributed by atoms with van der Waals surface area (Å²) in [5, 5.41) is 4.17. The number of anilines is 1. The summed E-state index contributed by atoms with van der Waals surface area (Å²) in [6, 6.07) is 16.4. The molecule has 0 unspecified atom stereocenters. The van der Waals surface area contributed by atoms with Gasteiger partial charge >= 0.3 is 0 Å². The zero-order valence-electron chi connectivity index (χ0n) is 17.5. The molecule has 3 aromatic rings. The second-order valence-electron chi connectivity index (χ2n) is 8.71. The Kier molecular flexibility index (Phi) is 4.99. The number of nitrogens with zero attached hydrogens (tertiary/aromatic N) is 3. The number of rotatable bonds is 4. The zero-order valence-corrected chi connectivity index (χ0v) is 17.5. The average molecular weight is 389 g/mol. The van der Waals surface area contributed by atoms with Crippen molar-refractivity contribution in [3.05, 3.63) is 65.5 Å². The highest BCUT2D eigenvalue weighted by Gasteiger charge is 2.34. The first kappa shape index (κ1) is 19.4. The number of amides is 1. The largest absolute Gasteiger partial charge is 0.334 e. The molecule has 5 heteroatoms. The van der Waals surface area contributed by atoms with E-state index in [4.69, 9.17) is 4.52 Å². The van der Waals surface area contributed by atoms with Crippen molar-refractivity contribution in [1.29, 1.82) is 0 Å². The quantitative estimate of drug-likeness (QED) is 0.622. The van der Waals surface area contributed by atoms with Gasteiger partial charge in [-0.15, -0.1) is 0 Å². The molecule has 0 aliphatic carbocycles. The Morgan fingerprint density at radius 2 is 1.76 bits per heavy atom. The van der Waals surface area contributed by atoms with E-state index >= 15 is 0 Å². The average Bonchev–Trinajstić information content (AvgIpc) is 3.34. The van der Waals surface area contributed by atoms with E-state index in [1.165, 1.54) is 11.1 Å². The van der Waals surface area contributed by atoms with Crippen LogP contribution in [0.3, 0.4) is 0 Å². The molecule has 1 aliphatic rings. The molecule has 29 heavy (non-hydrogen) atoms. The Hall–Kier alpha value is -2.95. The summed E-state index contributed by atoms with van der Waals surface area (Å²) < 4.78 is 5.50. The van der Waals surface area contributed by atoms with Gasteiger partial charge in [0, 0.05) is 30.1 Å². The number of aromatic nitrogens is 2. The van der Waals surface area contributed by atoms with Crippen LogP contribution in [0.25, 0.3) is 11.5 Å². The fourth-order valence-electron chi connectivity index (χ4n) is 3.67. The third-order valence-electron chi connectivity index (χ3n) is 5.59. The van der Waals surface area contributed by atoms with Crippen molar-refractivity contribution < 1.29 is 9.32 Å². The Labute approximate surface area is 171 Å². The minimum atomic E-state index is -0.0558.